The Balaban J connectivity index is 2.30. The first-order valence-corrected chi connectivity index (χ1v) is 4.02. The largest absolute Gasteiger partial charge is 0.466 e. The van der Waals surface area contributed by atoms with E-state index in [-0.39, 0.29) is 11.4 Å². The van der Waals surface area contributed by atoms with Crippen LogP contribution in [0, 0.1) is 5.41 Å². The van der Waals surface area contributed by atoms with E-state index in [4.69, 9.17) is 4.74 Å². The van der Waals surface area contributed by atoms with Crippen molar-refractivity contribution in [2.45, 2.75) is 26.2 Å². The number of rotatable bonds is 4. The summed E-state index contributed by atoms with van der Waals surface area (Å²) in [5, 5.41) is 0. The Morgan fingerprint density at radius 1 is 1.73 bits per heavy atom. The van der Waals surface area contributed by atoms with Crippen molar-refractivity contribution < 1.29 is 9.53 Å². The standard InChI is InChI=1S/C9H14O2/c1-3-9(5-6-9)7-8(10)11-4-2/h3H,1,4-7H2,2H3. The van der Waals surface area contributed by atoms with Crippen molar-refractivity contribution in [3.63, 3.8) is 0 Å². The van der Waals surface area contributed by atoms with Crippen molar-refractivity contribution in [2.75, 3.05) is 6.61 Å². The van der Waals surface area contributed by atoms with Crippen molar-refractivity contribution in [3.05, 3.63) is 12.7 Å². The first-order chi connectivity index (χ1) is 5.22. The fourth-order valence-electron chi connectivity index (χ4n) is 1.11. The first-order valence-electron chi connectivity index (χ1n) is 4.02. The van der Waals surface area contributed by atoms with E-state index in [1.807, 2.05) is 13.0 Å². The fourth-order valence-corrected chi connectivity index (χ4v) is 1.11. The molecule has 0 spiro atoms. The van der Waals surface area contributed by atoms with Crippen LogP contribution >= 0.6 is 0 Å². The number of carbonyl (C=O) groups excluding carboxylic acids is 1. The Labute approximate surface area is 67.2 Å². The molecule has 62 valence electrons. The van der Waals surface area contributed by atoms with E-state index in [0.717, 1.165) is 12.8 Å². The normalized spacial score (nSPS) is 19.0. The van der Waals surface area contributed by atoms with Gasteiger partial charge < -0.3 is 4.74 Å². The van der Waals surface area contributed by atoms with E-state index in [1.165, 1.54) is 0 Å². The molecule has 0 unspecified atom stereocenters. The van der Waals surface area contributed by atoms with E-state index in [2.05, 4.69) is 6.58 Å². The van der Waals surface area contributed by atoms with Gasteiger partial charge in [-0.2, -0.15) is 0 Å². The van der Waals surface area contributed by atoms with Gasteiger partial charge in [-0.15, -0.1) is 6.58 Å². The van der Waals surface area contributed by atoms with Gasteiger partial charge in [0.25, 0.3) is 0 Å². The lowest BCUT2D eigenvalue weighted by molar-refractivity contribution is -0.144. The summed E-state index contributed by atoms with van der Waals surface area (Å²) in [5.74, 6) is -0.0927. The van der Waals surface area contributed by atoms with Gasteiger partial charge in [0, 0.05) is 0 Å². The van der Waals surface area contributed by atoms with Crippen molar-refractivity contribution >= 4 is 5.97 Å². The Bertz CT molecular complexity index is 168. The second-order valence-electron chi connectivity index (χ2n) is 3.05. The van der Waals surface area contributed by atoms with Crippen molar-refractivity contribution in [1.29, 1.82) is 0 Å². The highest BCUT2D eigenvalue weighted by molar-refractivity contribution is 5.71. The molecule has 0 saturated heterocycles. The molecule has 1 fully saturated rings. The van der Waals surface area contributed by atoms with Crippen LogP contribution in [0.1, 0.15) is 26.2 Å². The predicted molar refractivity (Wildman–Crippen MR) is 43.1 cm³/mol. The molecule has 0 aromatic heterocycles. The SMILES string of the molecule is C=CC1(CC(=O)OCC)CC1. The lowest BCUT2D eigenvalue weighted by Crippen LogP contribution is -2.10. The third kappa shape index (κ3) is 2.07. The number of hydrogen-bond donors (Lipinski definition) is 0. The summed E-state index contributed by atoms with van der Waals surface area (Å²) in [6, 6.07) is 0. The van der Waals surface area contributed by atoms with Crippen LogP contribution in [0.3, 0.4) is 0 Å². The maximum Gasteiger partial charge on any atom is 0.306 e. The minimum Gasteiger partial charge on any atom is -0.466 e. The smallest absolute Gasteiger partial charge is 0.306 e. The number of esters is 1. The van der Waals surface area contributed by atoms with Crippen molar-refractivity contribution in [2.24, 2.45) is 5.41 Å². The molecule has 11 heavy (non-hydrogen) atoms. The molecule has 0 aromatic carbocycles. The maximum absolute atomic E-state index is 11.0. The topological polar surface area (TPSA) is 26.3 Å². The van der Waals surface area contributed by atoms with E-state index in [1.54, 1.807) is 0 Å². The van der Waals surface area contributed by atoms with Crippen LogP contribution in [0.2, 0.25) is 0 Å². The zero-order chi connectivity index (χ0) is 8.32. The van der Waals surface area contributed by atoms with Gasteiger partial charge in [-0.25, -0.2) is 0 Å². The summed E-state index contributed by atoms with van der Waals surface area (Å²) in [5.41, 5.74) is 0.103. The highest BCUT2D eigenvalue weighted by atomic mass is 16.5. The monoisotopic (exact) mass is 154 g/mol. The van der Waals surface area contributed by atoms with Crippen LogP contribution in [0.4, 0.5) is 0 Å². The van der Waals surface area contributed by atoms with Gasteiger partial charge in [0.15, 0.2) is 0 Å². The maximum atomic E-state index is 11.0. The van der Waals surface area contributed by atoms with Gasteiger partial charge >= 0.3 is 5.97 Å². The second kappa shape index (κ2) is 3.07. The summed E-state index contributed by atoms with van der Waals surface area (Å²) in [6.07, 6.45) is 4.58. The summed E-state index contributed by atoms with van der Waals surface area (Å²) in [7, 11) is 0. The quantitative estimate of drug-likeness (QED) is 0.456. The van der Waals surface area contributed by atoms with E-state index >= 15 is 0 Å². The highest BCUT2D eigenvalue weighted by Gasteiger charge is 2.41. The summed E-state index contributed by atoms with van der Waals surface area (Å²) >= 11 is 0. The van der Waals surface area contributed by atoms with E-state index in [0.29, 0.717) is 13.0 Å². The molecule has 0 N–H and O–H groups in total. The number of ether oxygens (including phenoxy) is 1. The Kier molecular flexibility index (Phi) is 2.32. The molecule has 0 heterocycles. The molecule has 1 aliphatic carbocycles. The van der Waals surface area contributed by atoms with Crippen LogP contribution in [0.5, 0.6) is 0 Å². The van der Waals surface area contributed by atoms with Crippen LogP contribution in [-0.4, -0.2) is 12.6 Å². The summed E-state index contributed by atoms with van der Waals surface area (Å²) in [6.45, 7) is 6.00. The Morgan fingerprint density at radius 3 is 2.73 bits per heavy atom. The van der Waals surface area contributed by atoms with E-state index < -0.39 is 0 Å². The van der Waals surface area contributed by atoms with Crippen molar-refractivity contribution in [3.8, 4) is 0 Å². The van der Waals surface area contributed by atoms with Gasteiger partial charge in [0.1, 0.15) is 0 Å². The molecular weight excluding hydrogens is 140 g/mol. The van der Waals surface area contributed by atoms with E-state index in [9.17, 15) is 4.79 Å². The highest BCUT2D eigenvalue weighted by Crippen LogP contribution is 2.49. The zero-order valence-corrected chi connectivity index (χ0v) is 6.93. The molecule has 2 heteroatoms. The number of allylic oxidation sites excluding steroid dienone is 1. The average molecular weight is 154 g/mol. The minimum absolute atomic E-state index is 0.0927. The summed E-state index contributed by atoms with van der Waals surface area (Å²) in [4.78, 5) is 11.0. The lowest BCUT2D eigenvalue weighted by Gasteiger charge is -2.07. The molecule has 0 amide bonds. The summed E-state index contributed by atoms with van der Waals surface area (Å²) < 4.78 is 4.83. The molecule has 0 bridgehead atoms. The average Bonchev–Trinajstić information content (AvgIpc) is 2.70. The number of hydrogen-bond acceptors (Lipinski definition) is 2. The minimum atomic E-state index is -0.0927. The van der Waals surface area contributed by atoms with Gasteiger partial charge in [-0.1, -0.05) is 6.08 Å². The fraction of sp³-hybridized carbons (Fsp3) is 0.667. The van der Waals surface area contributed by atoms with Crippen LogP contribution in [0.15, 0.2) is 12.7 Å². The first kappa shape index (κ1) is 8.31. The Morgan fingerprint density at radius 2 is 2.36 bits per heavy atom. The molecular formula is C9H14O2. The van der Waals surface area contributed by atoms with Crippen LogP contribution in [-0.2, 0) is 9.53 Å². The van der Waals surface area contributed by atoms with Gasteiger partial charge in [-0.05, 0) is 25.2 Å². The molecule has 2 nitrogen and oxygen atoms in total. The Hall–Kier alpha value is -0.790. The van der Waals surface area contributed by atoms with Crippen LogP contribution in [0.25, 0.3) is 0 Å². The van der Waals surface area contributed by atoms with Crippen molar-refractivity contribution in [1.82, 2.24) is 0 Å². The van der Waals surface area contributed by atoms with Gasteiger partial charge in [0.2, 0.25) is 0 Å². The predicted octanol–water partition coefficient (Wildman–Crippen LogP) is 1.91. The molecule has 1 rings (SSSR count). The van der Waals surface area contributed by atoms with Gasteiger partial charge in [-0.3, -0.25) is 4.79 Å². The van der Waals surface area contributed by atoms with Crippen LogP contribution < -0.4 is 0 Å². The lowest BCUT2D eigenvalue weighted by atomic mass is 10.0. The second-order valence-corrected chi connectivity index (χ2v) is 3.05. The van der Waals surface area contributed by atoms with Gasteiger partial charge in [0.05, 0.1) is 13.0 Å². The molecule has 1 saturated carbocycles. The third-order valence-corrected chi connectivity index (χ3v) is 2.13. The molecule has 1 aliphatic rings. The number of carbonyl (C=O) groups is 1. The molecule has 0 atom stereocenters. The molecule has 0 aromatic rings. The third-order valence-electron chi connectivity index (χ3n) is 2.13. The molecule has 0 aliphatic heterocycles. The zero-order valence-electron chi connectivity index (χ0n) is 6.93. The molecule has 0 radical (unpaired) electrons.